The molecule has 2 fully saturated rings. The third-order valence-electron chi connectivity index (χ3n) is 6.80. The van der Waals surface area contributed by atoms with E-state index < -0.39 is 28.9 Å². The number of rotatable bonds is 9. The van der Waals surface area contributed by atoms with Crippen LogP contribution >= 0.6 is 23.5 Å². The van der Waals surface area contributed by atoms with Gasteiger partial charge in [0.25, 0.3) is 11.6 Å². The van der Waals surface area contributed by atoms with Crippen molar-refractivity contribution in [1.29, 1.82) is 0 Å². The fourth-order valence-corrected chi connectivity index (χ4v) is 7.35. The van der Waals surface area contributed by atoms with Gasteiger partial charge in [-0.25, -0.2) is 14.2 Å². The zero-order valence-electron chi connectivity index (χ0n) is 20.4. The van der Waals surface area contributed by atoms with Gasteiger partial charge in [0.1, 0.15) is 17.6 Å². The van der Waals surface area contributed by atoms with E-state index in [1.807, 2.05) is 0 Å². The second-order valence-corrected chi connectivity index (χ2v) is 11.1. The molecule has 198 valence electrons. The van der Waals surface area contributed by atoms with Crippen LogP contribution in [0.3, 0.4) is 0 Å². The van der Waals surface area contributed by atoms with Crippen LogP contribution in [0.5, 0.6) is 0 Å². The summed E-state index contributed by atoms with van der Waals surface area (Å²) in [7, 11) is 3.01. The minimum atomic E-state index is -1.67. The van der Waals surface area contributed by atoms with Gasteiger partial charge in [0.2, 0.25) is 11.1 Å². The Morgan fingerprint density at radius 1 is 1.27 bits per heavy atom. The Bertz CT molecular complexity index is 1240. The summed E-state index contributed by atoms with van der Waals surface area (Å²) in [6.45, 7) is -0.134. The number of carbonyl (C=O) groups excluding carboxylic acids is 2. The number of nitrogens with zero attached hydrogens (tertiary/aromatic N) is 8. The quantitative estimate of drug-likeness (QED) is 0.250. The van der Waals surface area contributed by atoms with Gasteiger partial charge in [-0.2, -0.15) is 0 Å². The van der Waals surface area contributed by atoms with Crippen molar-refractivity contribution in [1.82, 2.24) is 45.4 Å². The summed E-state index contributed by atoms with van der Waals surface area (Å²) < 4.78 is 8.46. The van der Waals surface area contributed by atoms with E-state index in [-0.39, 0.29) is 12.2 Å². The highest BCUT2D eigenvalue weighted by atomic mass is 32.2. The van der Waals surface area contributed by atoms with Crippen molar-refractivity contribution < 1.29 is 24.2 Å². The van der Waals surface area contributed by atoms with Crippen molar-refractivity contribution >= 4 is 41.3 Å². The first kappa shape index (κ1) is 25.7. The average molecular weight is 550 g/mol. The van der Waals surface area contributed by atoms with E-state index in [1.165, 1.54) is 51.3 Å². The summed E-state index contributed by atoms with van der Waals surface area (Å²) >= 11 is 2.61. The number of thioether (sulfide) groups is 2. The highest BCUT2D eigenvalue weighted by Crippen LogP contribution is 2.47. The molecule has 5 rings (SSSR count). The number of hydrogen-bond acceptors (Lipinski definition) is 11. The first-order valence-electron chi connectivity index (χ1n) is 11.9. The number of ether oxygens (including phenoxy) is 1. The lowest BCUT2D eigenvalue weighted by Gasteiger charge is -2.55. The van der Waals surface area contributed by atoms with E-state index in [0.717, 1.165) is 31.4 Å². The fourth-order valence-electron chi connectivity index (χ4n) is 4.92. The molecule has 1 saturated heterocycles. The largest absolute Gasteiger partial charge is 0.477 e. The van der Waals surface area contributed by atoms with E-state index in [4.69, 9.17) is 4.74 Å². The van der Waals surface area contributed by atoms with Crippen LogP contribution in [0, 0.1) is 0 Å². The molecule has 37 heavy (non-hydrogen) atoms. The predicted molar refractivity (Wildman–Crippen MR) is 131 cm³/mol. The lowest BCUT2D eigenvalue weighted by Crippen LogP contribution is -2.80. The van der Waals surface area contributed by atoms with Gasteiger partial charge in [-0.3, -0.25) is 14.5 Å². The maximum atomic E-state index is 13.3. The molecule has 2 amide bonds. The molecule has 1 saturated carbocycles. The number of aromatic nitrogens is 7. The third-order valence-corrected chi connectivity index (χ3v) is 9.27. The Morgan fingerprint density at radius 3 is 2.73 bits per heavy atom. The van der Waals surface area contributed by atoms with Crippen molar-refractivity contribution in [3.8, 4) is 0 Å². The SMILES string of the molecule is CO[C@@]1(NC(=O)Cn2cc(C3CCCCC3)nn2)C(=O)N2C(C(=O)O)=C(CSc3nnnn3C)CS[C@@H]21. The van der Waals surface area contributed by atoms with Gasteiger partial charge in [0, 0.05) is 37.8 Å². The Balaban J connectivity index is 1.27. The Kier molecular flexibility index (Phi) is 7.22. The summed E-state index contributed by atoms with van der Waals surface area (Å²) in [6.07, 6.45) is 7.47. The Labute approximate surface area is 220 Å². The molecule has 16 heteroatoms. The van der Waals surface area contributed by atoms with Gasteiger partial charge in [-0.1, -0.05) is 36.2 Å². The fraction of sp³-hybridized carbons (Fsp3) is 0.619. The molecule has 0 bridgehead atoms. The minimum Gasteiger partial charge on any atom is -0.477 e. The topological polar surface area (TPSA) is 170 Å². The number of nitrogens with one attached hydrogen (secondary N) is 1. The monoisotopic (exact) mass is 549 g/mol. The number of methoxy groups -OCH3 is 1. The zero-order chi connectivity index (χ0) is 26.2. The van der Waals surface area contributed by atoms with Crippen molar-refractivity contribution in [3.63, 3.8) is 0 Å². The highest BCUT2D eigenvalue weighted by molar-refractivity contribution is 8.01. The summed E-state index contributed by atoms with van der Waals surface area (Å²) in [6, 6.07) is 0. The lowest BCUT2D eigenvalue weighted by atomic mass is 9.87. The first-order chi connectivity index (χ1) is 17.8. The predicted octanol–water partition coefficient (Wildman–Crippen LogP) is 0.354. The minimum absolute atomic E-state index is 0.105. The normalized spacial score (nSPS) is 24.1. The number of hydrogen-bond donors (Lipinski definition) is 2. The number of carbonyl (C=O) groups is 3. The Hall–Kier alpha value is -2.98. The molecule has 2 N–H and O–H groups in total. The van der Waals surface area contributed by atoms with Crippen LogP contribution in [0.4, 0.5) is 0 Å². The molecule has 3 aliphatic rings. The van der Waals surface area contributed by atoms with Crippen molar-refractivity contribution in [3.05, 3.63) is 23.2 Å². The van der Waals surface area contributed by atoms with Gasteiger partial charge < -0.3 is 15.2 Å². The number of amides is 2. The number of fused-ring (bicyclic) bond motifs is 1. The standard InChI is InChI=1S/C21H27N9O5S2/c1-28-20(24-25-27-28)37-11-13-10-36-19-21(35-2,18(34)30(19)16(13)17(32)33)22-15(31)9-29-8-14(23-26-29)12-6-4-3-5-7-12/h8,12,19H,3-7,9-11H2,1-2H3,(H,22,31)(H,32,33)/t19-,21+/m1/s1. The molecule has 0 unspecified atom stereocenters. The van der Waals surface area contributed by atoms with Gasteiger partial charge in [-0.15, -0.1) is 22.0 Å². The summed E-state index contributed by atoms with van der Waals surface area (Å²) in [5.41, 5.74) is -0.335. The maximum absolute atomic E-state index is 13.3. The summed E-state index contributed by atoms with van der Waals surface area (Å²) in [5, 5.41) is 32.0. The van der Waals surface area contributed by atoms with Crippen LogP contribution in [0.25, 0.3) is 0 Å². The van der Waals surface area contributed by atoms with Crippen LogP contribution < -0.4 is 5.32 Å². The van der Waals surface area contributed by atoms with Crippen molar-refractivity contribution in [2.24, 2.45) is 7.05 Å². The maximum Gasteiger partial charge on any atom is 0.352 e. The smallest absolute Gasteiger partial charge is 0.352 e. The molecule has 4 heterocycles. The van der Waals surface area contributed by atoms with Crippen LogP contribution in [0.15, 0.2) is 22.6 Å². The molecule has 2 aliphatic heterocycles. The Morgan fingerprint density at radius 2 is 2.05 bits per heavy atom. The van der Waals surface area contributed by atoms with E-state index in [0.29, 0.717) is 28.2 Å². The van der Waals surface area contributed by atoms with Crippen LogP contribution in [0.2, 0.25) is 0 Å². The molecular formula is C21H27N9O5S2. The molecule has 1 aliphatic carbocycles. The second-order valence-electron chi connectivity index (χ2n) is 9.13. The van der Waals surface area contributed by atoms with Gasteiger partial charge >= 0.3 is 5.97 Å². The highest BCUT2D eigenvalue weighted by Gasteiger charge is 2.66. The number of carboxylic acids is 1. The molecule has 2 aromatic rings. The molecule has 0 spiro atoms. The second kappa shape index (κ2) is 10.4. The van der Waals surface area contributed by atoms with Crippen molar-refractivity contribution in [2.45, 2.75) is 60.8 Å². The third kappa shape index (κ3) is 4.72. The molecular weight excluding hydrogens is 522 g/mol. The van der Waals surface area contributed by atoms with Crippen LogP contribution in [0.1, 0.15) is 43.7 Å². The number of aryl methyl sites for hydroxylation is 1. The zero-order valence-corrected chi connectivity index (χ0v) is 22.0. The van der Waals surface area contributed by atoms with Gasteiger partial charge in [0.15, 0.2) is 0 Å². The summed E-state index contributed by atoms with van der Waals surface area (Å²) in [5.74, 6) is -1.35. The lowest BCUT2D eigenvalue weighted by molar-refractivity contribution is -0.192. The van der Waals surface area contributed by atoms with Crippen LogP contribution in [-0.2, 0) is 32.7 Å². The van der Waals surface area contributed by atoms with E-state index >= 15 is 0 Å². The molecule has 14 nitrogen and oxygen atoms in total. The van der Waals surface area contributed by atoms with Gasteiger partial charge in [-0.05, 0) is 28.8 Å². The average Bonchev–Trinajstić information content (AvgIpc) is 3.54. The van der Waals surface area contributed by atoms with Crippen molar-refractivity contribution in [2.75, 3.05) is 18.6 Å². The number of carboxylic acid groups (broad SMARTS) is 1. The number of β-lactam (4-membered cyclic amide) rings is 1. The summed E-state index contributed by atoms with van der Waals surface area (Å²) in [4.78, 5) is 39.6. The van der Waals surface area contributed by atoms with E-state index in [2.05, 4.69) is 31.2 Å². The first-order valence-corrected chi connectivity index (χ1v) is 13.9. The number of tetrazole rings is 1. The number of aliphatic carboxylic acids is 1. The molecule has 2 aromatic heterocycles. The van der Waals surface area contributed by atoms with E-state index in [1.54, 1.807) is 13.2 Å². The molecule has 0 radical (unpaired) electrons. The molecule has 0 aromatic carbocycles. The van der Waals surface area contributed by atoms with E-state index in [9.17, 15) is 19.5 Å². The van der Waals surface area contributed by atoms with Crippen LogP contribution in [-0.4, -0.2) is 92.7 Å². The molecule has 2 atom stereocenters. The van der Waals surface area contributed by atoms with Gasteiger partial charge in [0.05, 0.1) is 5.69 Å².